The van der Waals surface area contributed by atoms with Crippen LogP contribution in [-0.2, 0) is 22.6 Å². The fraction of sp³-hybridized carbons (Fsp3) is 0.125. The SMILES string of the molecule is O=C(OCc1ccccc1)[C@H](Cc1ccccc1)N1C(=O)c2ccccc2C1=O. The molecule has 3 aromatic carbocycles. The molecule has 0 saturated heterocycles. The molecule has 4 rings (SSSR count). The van der Waals surface area contributed by atoms with Crippen LogP contribution in [0.5, 0.6) is 0 Å². The minimum absolute atomic E-state index is 0.0775. The Morgan fingerprint density at radius 2 is 1.21 bits per heavy atom. The van der Waals surface area contributed by atoms with Crippen molar-refractivity contribution in [2.75, 3.05) is 0 Å². The third kappa shape index (κ3) is 3.80. The van der Waals surface area contributed by atoms with Crippen LogP contribution in [0.3, 0.4) is 0 Å². The Labute approximate surface area is 168 Å². The van der Waals surface area contributed by atoms with E-state index in [1.54, 1.807) is 24.3 Å². The molecule has 0 radical (unpaired) electrons. The molecule has 0 unspecified atom stereocenters. The molecule has 1 aliphatic rings. The molecule has 0 aromatic heterocycles. The highest BCUT2D eigenvalue weighted by Crippen LogP contribution is 2.26. The molecule has 0 fully saturated rings. The monoisotopic (exact) mass is 385 g/mol. The standard InChI is InChI=1S/C24H19NO4/c26-22-19-13-7-8-14-20(19)23(27)25(22)21(15-17-9-3-1-4-10-17)24(28)29-16-18-11-5-2-6-12-18/h1-14,21H,15-16H2/t21-/m0/s1. The molecule has 5 nitrogen and oxygen atoms in total. The van der Waals surface area contributed by atoms with E-state index in [1.165, 1.54) is 0 Å². The highest BCUT2D eigenvalue weighted by Gasteiger charge is 2.43. The van der Waals surface area contributed by atoms with Crippen molar-refractivity contribution in [1.82, 2.24) is 4.90 Å². The number of esters is 1. The number of carbonyl (C=O) groups is 3. The highest BCUT2D eigenvalue weighted by molar-refractivity contribution is 6.22. The van der Waals surface area contributed by atoms with Gasteiger partial charge in [0.15, 0.2) is 0 Å². The summed E-state index contributed by atoms with van der Waals surface area (Å²) < 4.78 is 5.49. The number of imide groups is 1. The van der Waals surface area contributed by atoms with Crippen LogP contribution in [-0.4, -0.2) is 28.7 Å². The zero-order valence-corrected chi connectivity index (χ0v) is 15.7. The van der Waals surface area contributed by atoms with Crippen LogP contribution in [0, 0.1) is 0 Å². The molecule has 0 aliphatic carbocycles. The molecule has 29 heavy (non-hydrogen) atoms. The van der Waals surface area contributed by atoms with E-state index >= 15 is 0 Å². The topological polar surface area (TPSA) is 63.7 Å². The molecule has 3 aromatic rings. The van der Waals surface area contributed by atoms with E-state index < -0.39 is 23.8 Å². The third-order valence-electron chi connectivity index (χ3n) is 4.91. The average Bonchev–Trinajstić information content (AvgIpc) is 3.02. The van der Waals surface area contributed by atoms with E-state index in [2.05, 4.69) is 0 Å². The number of hydrogen-bond acceptors (Lipinski definition) is 4. The summed E-state index contributed by atoms with van der Waals surface area (Å²) in [6, 6.07) is 24.1. The summed E-state index contributed by atoms with van der Waals surface area (Å²) in [7, 11) is 0. The summed E-state index contributed by atoms with van der Waals surface area (Å²) >= 11 is 0. The molecule has 2 amide bonds. The van der Waals surface area contributed by atoms with Gasteiger partial charge in [-0.05, 0) is 23.3 Å². The fourth-order valence-electron chi connectivity index (χ4n) is 3.43. The van der Waals surface area contributed by atoms with Crippen LogP contribution in [0.1, 0.15) is 31.8 Å². The minimum atomic E-state index is -1.03. The van der Waals surface area contributed by atoms with Crippen LogP contribution in [0.25, 0.3) is 0 Å². The first kappa shape index (κ1) is 18.6. The lowest BCUT2D eigenvalue weighted by atomic mass is 10.0. The maximum Gasteiger partial charge on any atom is 0.330 e. The van der Waals surface area contributed by atoms with E-state index in [0.29, 0.717) is 11.1 Å². The van der Waals surface area contributed by atoms with Crippen molar-refractivity contribution in [1.29, 1.82) is 0 Å². The Balaban J connectivity index is 1.61. The second-order valence-electron chi connectivity index (χ2n) is 6.82. The van der Waals surface area contributed by atoms with Gasteiger partial charge in [-0.3, -0.25) is 14.5 Å². The summed E-state index contributed by atoms with van der Waals surface area (Å²) in [6.07, 6.45) is 0.194. The van der Waals surface area contributed by atoms with Crippen molar-refractivity contribution < 1.29 is 19.1 Å². The van der Waals surface area contributed by atoms with Crippen LogP contribution in [0.2, 0.25) is 0 Å². The molecular formula is C24H19NO4. The van der Waals surface area contributed by atoms with Gasteiger partial charge >= 0.3 is 5.97 Å². The quantitative estimate of drug-likeness (QED) is 0.480. The molecule has 1 aliphatic heterocycles. The molecular weight excluding hydrogens is 366 g/mol. The first-order chi connectivity index (χ1) is 14.1. The second kappa shape index (κ2) is 8.10. The van der Waals surface area contributed by atoms with Gasteiger partial charge in [0.05, 0.1) is 11.1 Å². The smallest absolute Gasteiger partial charge is 0.330 e. The minimum Gasteiger partial charge on any atom is -0.459 e. The van der Waals surface area contributed by atoms with Crippen molar-refractivity contribution in [3.05, 3.63) is 107 Å². The van der Waals surface area contributed by atoms with Crippen molar-refractivity contribution in [2.24, 2.45) is 0 Å². The third-order valence-corrected chi connectivity index (χ3v) is 4.91. The van der Waals surface area contributed by atoms with E-state index in [4.69, 9.17) is 4.74 Å². The van der Waals surface area contributed by atoms with Gasteiger partial charge in [0.1, 0.15) is 12.6 Å². The Morgan fingerprint density at radius 3 is 1.76 bits per heavy atom. The lowest BCUT2D eigenvalue weighted by molar-refractivity contribution is -0.149. The predicted octanol–water partition coefficient (Wildman–Crippen LogP) is 3.64. The van der Waals surface area contributed by atoms with Crippen LogP contribution >= 0.6 is 0 Å². The number of rotatable bonds is 6. The Hall–Kier alpha value is -3.73. The van der Waals surface area contributed by atoms with E-state index in [0.717, 1.165) is 16.0 Å². The summed E-state index contributed by atoms with van der Waals surface area (Å²) in [4.78, 5) is 39.8. The average molecular weight is 385 g/mol. The summed E-state index contributed by atoms with van der Waals surface area (Å²) in [5, 5.41) is 0. The molecule has 1 atom stereocenters. The largest absolute Gasteiger partial charge is 0.459 e. The lowest BCUT2D eigenvalue weighted by Crippen LogP contribution is -2.47. The normalized spacial score (nSPS) is 13.9. The highest BCUT2D eigenvalue weighted by atomic mass is 16.5. The van der Waals surface area contributed by atoms with Crippen LogP contribution in [0.4, 0.5) is 0 Å². The van der Waals surface area contributed by atoms with Crippen molar-refractivity contribution in [3.63, 3.8) is 0 Å². The van der Waals surface area contributed by atoms with Gasteiger partial charge in [-0.2, -0.15) is 0 Å². The van der Waals surface area contributed by atoms with Crippen molar-refractivity contribution >= 4 is 17.8 Å². The summed E-state index contributed by atoms with van der Waals surface area (Å²) in [5.41, 5.74) is 2.30. The molecule has 0 bridgehead atoms. The van der Waals surface area contributed by atoms with Crippen LogP contribution in [0.15, 0.2) is 84.9 Å². The molecule has 144 valence electrons. The van der Waals surface area contributed by atoms with Gasteiger partial charge in [-0.15, -0.1) is 0 Å². The van der Waals surface area contributed by atoms with Gasteiger partial charge in [0, 0.05) is 6.42 Å². The second-order valence-corrected chi connectivity index (χ2v) is 6.82. The molecule has 5 heteroatoms. The van der Waals surface area contributed by atoms with E-state index in [-0.39, 0.29) is 13.0 Å². The number of hydrogen-bond donors (Lipinski definition) is 0. The molecule has 1 heterocycles. The van der Waals surface area contributed by atoms with Gasteiger partial charge in [-0.25, -0.2) is 4.79 Å². The van der Waals surface area contributed by atoms with E-state index in [9.17, 15) is 14.4 Å². The fourth-order valence-corrected chi connectivity index (χ4v) is 3.43. The van der Waals surface area contributed by atoms with Crippen LogP contribution < -0.4 is 0 Å². The molecule has 0 spiro atoms. The van der Waals surface area contributed by atoms with E-state index in [1.807, 2.05) is 60.7 Å². The summed E-state index contributed by atoms with van der Waals surface area (Å²) in [6.45, 7) is 0.0775. The van der Waals surface area contributed by atoms with Gasteiger partial charge in [0.25, 0.3) is 11.8 Å². The first-order valence-electron chi connectivity index (χ1n) is 9.36. The van der Waals surface area contributed by atoms with Gasteiger partial charge in [-0.1, -0.05) is 72.8 Å². The zero-order chi connectivity index (χ0) is 20.2. The zero-order valence-electron chi connectivity index (χ0n) is 15.7. The summed E-state index contributed by atoms with van der Waals surface area (Å²) in [5.74, 6) is -1.54. The Bertz CT molecular complexity index is 1010. The first-order valence-corrected chi connectivity index (χ1v) is 9.36. The maximum atomic E-state index is 13.0. The molecule has 0 N–H and O–H groups in total. The number of amides is 2. The number of benzene rings is 3. The van der Waals surface area contributed by atoms with Gasteiger partial charge < -0.3 is 4.74 Å². The number of carbonyl (C=O) groups excluding carboxylic acids is 3. The number of fused-ring (bicyclic) bond motifs is 1. The number of nitrogens with zero attached hydrogens (tertiary/aromatic N) is 1. The Morgan fingerprint density at radius 1 is 0.724 bits per heavy atom. The van der Waals surface area contributed by atoms with Gasteiger partial charge in [0.2, 0.25) is 0 Å². The Kier molecular flexibility index (Phi) is 5.20. The van der Waals surface area contributed by atoms with Crippen molar-refractivity contribution in [2.45, 2.75) is 19.1 Å². The molecule has 0 saturated carbocycles. The maximum absolute atomic E-state index is 13.0. The predicted molar refractivity (Wildman–Crippen MR) is 107 cm³/mol. The number of ether oxygens (including phenoxy) is 1. The van der Waals surface area contributed by atoms with Crippen molar-refractivity contribution in [3.8, 4) is 0 Å². The lowest BCUT2D eigenvalue weighted by Gasteiger charge is -2.24.